The number of carbonyl (C=O) groups excluding carboxylic acids is 1. The van der Waals surface area contributed by atoms with Crippen LogP contribution in [0.1, 0.15) is 25.8 Å². The molecule has 1 amide bonds. The number of halogens is 1. The van der Waals surface area contributed by atoms with Gasteiger partial charge < -0.3 is 10.6 Å². The van der Waals surface area contributed by atoms with Crippen molar-refractivity contribution in [1.82, 2.24) is 5.32 Å². The van der Waals surface area contributed by atoms with Crippen LogP contribution in [0, 0.1) is 11.3 Å². The first kappa shape index (κ1) is 14.3. The molecule has 0 bridgehead atoms. The average molecular weight is 266 g/mol. The number of rotatable bonds is 5. The summed E-state index contributed by atoms with van der Waals surface area (Å²) >= 11 is 5.87. The third kappa shape index (κ3) is 3.94. The van der Waals surface area contributed by atoms with Gasteiger partial charge in [-0.2, -0.15) is 5.26 Å². The Hall–Kier alpha value is -1.73. The van der Waals surface area contributed by atoms with Gasteiger partial charge in [-0.3, -0.25) is 4.79 Å². The molecule has 5 heteroatoms. The van der Waals surface area contributed by atoms with Crippen molar-refractivity contribution in [2.24, 2.45) is 0 Å². The van der Waals surface area contributed by atoms with Crippen LogP contribution in [0.15, 0.2) is 18.2 Å². The number of hydrogen-bond acceptors (Lipinski definition) is 3. The molecule has 0 aliphatic carbocycles. The molecule has 0 aromatic heterocycles. The van der Waals surface area contributed by atoms with Gasteiger partial charge in [-0.25, -0.2) is 0 Å². The predicted molar refractivity (Wildman–Crippen MR) is 72.6 cm³/mol. The third-order valence-corrected chi connectivity index (χ3v) is 2.65. The SMILES string of the molecule is CCCNC(=O)C(C)Nc1cc(Cl)ccc1C#N. The van der Waals surface area contributed by atoms with Crippen LogP contribution < -0.4 is 10.6 Å². The van der Waals surface area contributed by atoms with Crippen LogP contribution in [0.25, 0.3) is 0 Å². The first-order valence-corrected chi connectivity index (χ1v) is 6.20. The van der Waals surface area contributed by atoms with Crippen LogP contribution in [0.3, 0.4) is 0 Å². The molecule has 0 heterocycles. The molecule has 1 rings (SSSR count). The van der Waals surface area contributed by atoms with E-state index in [4.69, 9.17) is 16.9 Å². The Morgan fingerprint density at radius 2 is 2.28 bits per heavy atom. The van der Waals surface area contributed by atoms with E-state index in [-0.39, 0.29) is 5.91 Å². The van der Waals surface area contributed by atoms with E-state index >= 15 is 0 Å². The summed E-state index contributed by atoms with van der Waals surface area (Å²) in [5.74, 6) is -0.0966. The van der Waals surface area contributed by atoms with E-state index in [9.17, 15) is 4.79 Å². The Morgan fingerprint density at radius 3 is 2.89 bits per heavy atom. The molecule has 0 aliphatic heterocycles. The topological polar surface area (TPSA) is 64.9 Å². The van der Waals surface area contributed by atoms with Crippen LogP contribution >= 0.6 is 11.6 Å². The molecular formula is C13H16ClN3O. The Morgan fingerprint density at radius 1 is 1.56 bits per heavy atom. The largest absolute Gasteiger partial charge is 0.373 e. The molecule has 0 fully saturated rings. The van der Waals surface area contributed by atoms with E-state index in [1.807, 2.05) is 6.92 Å². The maximum atomic E-state index is 11.7. The number of hydrogen-bond donors (Lipinski definition) is 2. The molecule has 1 atom stereocenters. The van der Waals surface area contributed by atoms with Crippen molar-refractivity contribution in [1.29, 1.82) is 5.26 Å². The van der Waals surface area contributed by atoms with E-state index in [1.54, 1.807) is 25.1 Å². The second-order valence-corrected chi connectivity index (χ2v) is 4.40. The van der Waals surface area contributed by atoms with Gasteiger partial charge in [0, 0.05) is 11.6 Å². The Kier molecular flexibility index (Phi) is 5.47. The summed E-state index contributed by atoms with van der Waals surface area (Å²) < 4.78 is 0. The maximum absolute atomic E-state index is 11.7. The molecule has 96 valence electrons. The molecule has 4 nitrogen and oxygen atoms in total. The lowest BCUT2D eigenvalue weighted by atomic mass is 10.1. The quantitative estimate of drug-likeness (QED) is 0.860. The Balaban J connectivity index is 2.75. The second-order valence-electron chi connectivity index (χ2n) is 3.96. The molecule has 0 radical (unpaired) electrons. The molecule has 1 unspecified atom stereocenters. The van der Waals surface area contributed by atoms with Crippen molar-refractivity contribution in [2.75, 3.05) is 11.9 Å². The predicted octanol–water partition coefficient (Wildman–Crippen LogP) is 2.54. The van der Waals surface area contributed by atoms with Crippen molar-refractivity contribution in [3.05, 3.63) is 28.8 Å². The zero-order valence-electron chi connectivity index (χ0n) is 10.5. The van der Waals surface area contributed by atoms with Gasteiger partial charge in [0.25, 0.3) is 0 Å². The van der Waals surface area contributed by atoms with Gasteiger partial charge in [0.15, 0.2) is 0 Å². The van der Waals surface area contributed by atoms with Gasteiger partial charge in [-0.1, -0.05) is 18.5 Å². The lowest BCUT2D eigenvalue weighted by Gasteiger charge is -2.16. The van der Waals surface area contributed by atoms with Crippen molar-refractivity contribution in [3.63, 3.8) is 0 Å². The molecule has 0 saturated carbocycles. The fourth-order valence-corrected chi connectivity index (χ4v) is 1.61. The molecule has 0 spiro atoms. The van der Waals surface area contributed by atoms with Gasteiger partial charge in [-0.15, -0.1) is 0 Å². The van der Waals surface area contributed by atoms with E-state index in [0.717, 1.165) is 6.42 Å². The summed E-state index contributed by atoms with van der Waals surface area (Å²) in [6.07, 6.45) is 0.888. The molecule has 1 aromatic carbocycles. The van der Waals surface area contributed by atoms with E-state index in [1.165, 1.54) is 0 Å². The smallest absolute Gasteiger partial charge is 0.242 e. The highest BCUT2D eigenvalue weighted by Crippen LogP contribution is 2.21. The van der Waals surface area contributed by atoms with Gasteiger partial charge in [0.05, 0.1) is 11.3 Å². The molecule has 0 aliphatic rings. The van der Waals surface area contributed by atoms with E-state index < -0.39 is 6.04 Å². The summed E-state index contributed by atoms with van der Waals surface area (Å²) in [6, 6.07) is 6.56. The fraction of sp³-hybridized carbons (Fsp3) is 0.385. The van der Waals surface area contributed by atoms with Crippen LogP contribution in [-0.2, 0) is 4.79 Å². The highest BCUT2D eigenvalue weighted by Gasteiger charge is 2.13. The van der Waals surface area contributed by atoms with Crippen LogP contribution in [-0.4, -0.2) is 18.5 Å². The number of nitriles is 1. The average Bonchev–Trinajstić information content (AvgIpc) is 2.36. The monoisotopic (exact) mass is 265 g/mol. The van der Waals surface area contributed by atoms with E-state index in [2.05, 4.69) is 16.7 Å². The molecule has 18 heavy (non-hydrogen) atoms. The normalized spacial score (nSPS) is 11.4. The molecular weight excluding hydrogens is 250 g/mol. The standard InChI is InChI=1S/C13H16ClN3O/c1-3-6-16-13(18)9(2)17-12-7-11(14)5-4-10(12)8-15/h4-5,7,9,17H,3,6H2,1-2H3,(H,16,18). The molecule has 1 aromatic rings. The number of anilines is 1. The summed E-state index contributed by atoms with van der Waals surface area (Å²) in [5.41, 5.74) is 1.04. The maximum Gasteiger partial charge on any atom is 0.242 e. The zero-order valence-corrected chi connectivity index (χ0v) is 11.2. The number of amides is 1. The number of nitrogens with one attached hydrogen (secondary N) is 2. The Labute approximate surface area is 112 Å². The van der Waals surface area contributed by atoms with Crippen LogP contribution in [0.2, 0.25) is 5.02 Å². The highest BCUT2D eigenvalue weighted by atomic mass is 35.5. The minimum absolute atomic E-state index is 0.0966. The van der Waals surface area contributed by atoms with Crippen LogP contribution in [0.5, 0.6) is 0 Å². The summed E-state index contributed by atoms with van der Waals surface area (Å²) in [4.78, 5) is 11.7. The third-order valence-electron chi connectivity index (χ3n) is 2.42. The first-order valence-electron chi connectivity index (χ1n) is 5.82. The van der Waals surface area contributed by atoms with Crippen molar-refractivity contribution in [3.8, 4) is 6.07 Å². The minimum Gasteiger partial charge on any atom is -0.373 e. The van der Waals surface area contributed by atoms with Gasteiger partial charge >= 0.3 is 0 Å². The highest BCUT2D eigenvalue weighted by molar-refractivity contribution is 6.30. The zero-order chi connectivity index (χ0) is 13.5. The number of benzene rings is 1. The Bertz CT molecular complexity index is 468. The number of carbonyl (C=O) groups is 1. The fourth-order valence-electron chi connectivity index (χ4n) is 1.43. The van der Waals surface area contributed by atoms with Crippen molar-refractivity contribution in [2.45, 2.75) is 26.3 Å². The molecule has 0 saturated heterocycles. The summed E-state index contributed by atoms with van der Waals surface area (Å²) in [6.45, 7) is 4.38. The van der Waals surface area contributed by atoms with Gasteiger partial charge in [-0.05, 0) is 31.5 Å². The van der Waals surface area contributed by atoms with E-state index in [0.29, 0.717) is 22.8 Å². The lowest BCUT2D eigenvalue weighted by molar-refractivity contribution is -0.121. The first-order chi connectivity index (χ1) is 8.58. The van der Waals surface area contributed by atoms with Crippen molar-refractivity contribution >= 4 is 23.2 Å². The van der Waals surface area contributed by atoms with Crippen molar-refractivity contribution < 1.29 is 4.79 Å². The number of nitrogens with zero attached hydrogens (tertiary/aromatic N) is 1. The minimum atomic E-state index is -0.415. The lowest BCUT2D eigenvalue weighted by Crippen LogP contribution is -2.38. The summed E-state index contributed by atoms with van der Waals surface area (Å²) in [7, 11) is 0. The summed E-state index contributed by atoms with van der Waals surface area (Å²) in [5, 5.41) is 15.3. The van der Waals surface area contributed by atoms with Gasteiger partial charge in [0.2, 0.25) is 5.91 Å². The molecule has 2 N–H and O–H groups in total. The second kappa shape index (κ2) is 6.87. The van der Waals surface area contributed by atoms with Gasteiger partial charge in [0.1, 0.15) is 12.1 Å². The van der Waals surface area contributed by atoms with Crippen LogP contribution in [0.4, 0.5) is 5.69 Å².